The maximum atomic E-state index is 5.73. The number of nitrogens with zero attached hydrogens (tertiary/aromatic N) is 4. The smallest absolute Gasteiger partial charge is 0.191 e. The summed E-state index contributed by atoms with van der Waals surface area (Å²) >= 11 is 0. The number of fused-ring (bicyclic) bond motifs is 1. The molecule has 0 radical (unpaired) electrons. The lowest BCUT2D eigenvalue weighted by atomic mass is 10.1. The van der Waals surface area contributed by atoms with Crippen LogP contribution in [0.1, 0.15) is 49.5 Å². The van der Waals surface area contributed by atoms with Crippen molar-refractivity contribution in [1.29, 1.82) is 0 Å². The molecule has 1 aliphatic heterocycles. The van der Waals surface area contributed by atoms with Crippen LogP contribution in [0.5, 0.6) is 0 Å². The van der Waals surface area contributed by atoms with E-state index in [-0.39, 0.29) is 6.04 Å². The number of aromatic nitrogens is 3. The van der Waals surface area contributed by atoms with E-state index >= 15 is 0 Å². The molecule has 164 valence electrons. The van der Waals surface area contributed by atoms with Gasteiger partial charge in [0.15, 0.2) is 11.8 Å². The molecule has 2 N–H and O–H groups in total. The number of hydrogen-bond acceptors (Lipinski definition) is 5. The summed E-state index contributed by atoms with van der Waals surface area (Å²) in [6.07, 6.45) is 2.92. The highest BCUT2D eigenvalue weighted by atomic mass is 16.5. The van der Waals surface area contributed by atoms with Gasteiger partial charge in [-0.2, -0.15) is 5.10 Å². The minimum absolute atomic E-state index is 0.260. The first-order valence-electron chi connectivity index (χ1n) is 10.8. The third-order valence-corrected chi connectivity index (χ3v) is 4.99. The Balaban J connectivity index is 1.62. The van der Waals surface area contributed by atoms with E-state index in [1.165, 1.54) is 11.1 Å². The van der Waals surface area contributed by atoms with Crippen molar-refractivity contribution in [1.82, 2.24) is 25.4 Å². The zero-order valence-electron chi connectivity index (χ0n) is 18.4. The number of rotatable bonds is 10. The number of aliphatic imine (C=N–C) groups is 1. The van der Waals surface area contributed by atoms with Gasteiger partial charge in [0.1, 0.15) is 12.4 Å². The molecule has 0 saturated carbocycles. The number of hydrogen-bond donors (Lipinski definition) is 2. The fraction of sp³-hybridized carbons (Fsp3) is 0.591. The predicted molar refractivity (Wildman–Crippen MR) is 117 cm³/mol. The van der Waals surface area contributed by atoms with E-state index in [1.54, 1.807) is 7.11 Å². The third-order valence-electron chi connectivity index (χ3n) is 4.99. The Morgan fingerprint density at radius 2 is 2.07 bits per heavy atom. The van der Waals surface area contributed by atoms with Crippen LogP contribution in [-0.2, 0) is 42.2 Å². The van der Waals surface area contributed by atoms with Crippen molar-refractivity contribution in [2.24, 2.45) is 4.99 Å². The third kappa shape index (κ3) is 6.27. The van der Waals surface area contributed by atoms with Gasteiger partial charge in [0.25, 0.3) is 0 Å². The van der Waals surface area contributed by atoms with Gasteiger partial charge >= 0.3 is 0 Å². The Morgan fingerprint density at radius 1 is 1.23 bits per heavy atom. The van der Waals surface area contributed by atoms with Gasteiger partial charge in [-0.1, -0.05) is 31.2 Å². The molecule has 1 unspecified atom stereocenters. The highest BCUT2D eigenvalue weighted by molar-refractivity contribution is 5.80. The van der Waals surface area contributed by atoms with E-state index in [2.05, 4.69) is 58.8 Å². The quantitative estimate of drug-likeness (QED) is 0.353. The number of ether oxygens (including phenoxy) is 2. The van der Waals surface area contributed by atoms with Gasteiger partial charge in [-0.15, -0.1) is 0 Å². The second-order valence-corrected chi connectivity index (χ2v) is 7.46. The molecular weight excluding hydrogens is 380 g/mol. The molecule has 3 rings (SSSR count). The molecule has 2 aromatic rings. The van der Waals surface area contributed by atoms with E-state index in [1.807, 2.05) is 4.68 Å². The molecular formula is C22H34N6O2. The van der Waals surface area contributed by atoms with Gasteiger partial charge in [-0.25, -0.2) is 14.7 Å². The molecule has 0 spiro atoms. The van der Waals surface area contributed by atoms with Gasteiger partial charge < -0.3 is 20.1 Å². The van der Waals surface area contributed by atoms with E-state index < -0.39 is 0 Å². The lowest BCUT2D eigenvalue weighted by Gasteiger charge is -2.25. The number of nitrogens with one attached hydrogen (secondary N) is 2. The lowest BCUT2D eigenvalue weighted by molar-refractivity contribution is 0.121. The molecule has 0 saturated heterocycles. The fourth-order valence-corrected chi connectivity index (χ4v) is 3.53. The van der Waals surface area contributed by atoms with Crippen LogP contribution in [0.3, 0.4) is 0 Å². The zero-order valence-corrected chi connectivity index (χ0v) is 18.4. The predicted octanol–water partition coefficient (Wildman–Crippen LogP) is 2.42. The Bertz CT molecular complexity index is 820. The average Bonchev–Trinajstić information content (AvgIpc) is 3.15. The molecule has 0 aliphatic carbocycles. The minimum Gasteiger partial charge on any atom is -0.377 e. The molecule has 2 heterocycles. The van der Waals surface area contributed by atoms with Gasteiger partial charge in [-0.05, 0) is 30.9 Å². The van der Waals surface area contributed by atoms with Gasteiger partial charge in [-0.3, -0.25) is 0 Å². The van der Waals surface area contributed by atoms with Crippen LogP contribution in [0.15, 0.2) is 29.3 Å². The summed E-state index contributed by atoms with van der Waals surface area (Å²) in [6, 6.07) is 8.61. The van der Waals surface area contributed by atoms with Crippen molar-refractivity contribution in [3.8, 4) is 0 Å². The molecule has 1 aromatic carbocycles. The van der Waals surface area contributed by atoms with Crippen LogP contribution in [0, 0.1) is 0 Å². The number of benzene rings is 1. The fourth-order valence-electron chi connectivity index (χ4n) is 3.53. The average molecular weight is 415 g/mol. The first-order valence-corrected chi connectivity index (χ1v) is 10.8. The monoisotopic (exact) mass is 414 g/mol. The van der Waals surface area contributed by atoms with Crippen LogP contribution in [0.2, 0.25) is 0 Å². The molecule has 1 atom stereocenters. The van der Waals surface area contributed by atoms with Gasteiger partial charge in [0.05, 0.1) is 19.7 Å². The van der Waals surface area contributed by atoms with Crippen molar-refractivity contribution < 1.29 is 9.47 Å². The van der Waals surface area contributed by atoms with Crippen molar-refractivity contribution in [2.75, 3.05) is 20.3 Å². The van der Waals surface area contributed by atoms with E-state index in [0.29, 0.717) is 19.8 Å². The number of aryl methyl sites for hydroxylation is 1. The first kappa shape index (κ1) is 22.2. The first-order chi connectivity index (χ1) is 14.7. The number of guanidine groups is 1. The van der Waals surface area contributed by atoms with Crippen molar-refractivity contribution in [2.45, 2.75) is 65.5 Å². The molecule has 1 aliphatic rings. The summed E-state index contributed by atoms with van der Waals surface area (Å²) < 4.78 is 12.9. The van der Waals surface area contributed by atoms with E-state index in [9.17, 15) is 0 Å². The van der Waals surface area contributed by atoms with E-state index in [0.717, 1.165) is 56.6 Å². The van der Waals surface area contributed by atoms with Crippen LogP contribution >= 0.6 is 0 Å². The largest absolute Gasteiger partial charge is 0.377 e. The zero-order chi connectivity index (χ0) is 21.2. The topological polar surface area (TPSA) is 85.6 Å². The molecule has 0 fully saturated rings. The van der Waals surface area contributed by atoms with Crippen LogP contribution < -0.4 is 10.6 Å². The Kier molecular flexibility index (Phi) is 8.65. The second kappa shape index (κ2) is 11.7. The highest BCUT2D eigenvalue weighted by Gasteiger charge is 2.22. The van der Waals surface area contributed by atoms with E-state index in [4.69, 9.17) is 14.5 Å². The van der Waals surface area contributed by atoms with Crippen LogP contribution in [-0.4, -0.2) is 47.0 Å². The van der Waals surface area contributed by atoms with Crippen molar-refractivity contribution >= 4 is 5.96 Å². The summed E-state index contributed by atoms with van der Waals surface area (Å²) in [4.78, 5) is 9.38. The standard InChI is InChI=1S/C22H34N6O2/c1-4-12-30-15-18-9-7-6-8-17(18)13-24-22(23-5-2)25-19-10-11-21-26-20(16-29-3)27-28(21)14-19/h6-9,19H,4-5,10-16H2,1-3H3,(H2,23,24,25). The molecule has 0 amide bonds. The highest BCUT2D eigenvalue weighted by Crippen LogP contribution is 2.14. The van der Waals surface area contributed by atoms with Crippen LogP contribution in [0.25, 0.3) is 0 Å². The lowest BCUT2D eigenvalue weighted by Crippen LogP contribution is -2.47. The van der Waals surface area contributed by atoms with Gasteiger partial charge in [0.2, 0.25) is 0 Å². The summed E-state index contributed by atoms with van der Waals surface area (Å²) in [6.45, 7) is 8.26. The minimum atomic E-state index is 0.260. The molecule has 30 heavy (non-hydrogen) atoms. The van der Waals surface area contributed by atoms with Crippen molar-refractivity contribution in [3.63, 3.8) is 0 Å². The molecule has 8 nitrogen and oxygen atoms in total. The second-order valence-electron chi connectivity index (χ2n) is 7.46. The Hall–Kier alpha value is -2.45. The number of methoxy groups -OCH3 is 1. The molecule has 8 heteroatoms. The summed E-state index contributed by atoms with van der Waals surface area (Å²) in [5.74, 6) is 2.60. The Morgan fingerprint density at radius 3 is 2.83 bits per heavy atom. The SMILES string of the molecule is CCCOCc1ccccc1CN=C(NCC)NC1CCc2nc(COC)nn2C1. The summed E-state index contributed by atoms with van der Waals surface area (Å²) in [7, 11) is 1.66. The summed E-state index contributed by atoms with van der Waals surface area (Å²) in [5, 5.41) is 11.5. The molecule has 1 aromatic heterocycles. The Labute approximate surface area is 179 Å². The molecule has 0 bridgehead atoms. The maximum absolute atomic E-state index is 5.73. The van der Waals surface area contributed by atoms with Gasteiger partial charge in [0, 0.05) is 32.7 Å². The summed E-state index contributed by atoms with van der Waals surface area (Å²) in [5.41, 5.74) is 2.39. The maximum Gasteiger partial charge on any atom is 0.191 e. The normalized spacial score (nSPS) is 16.4. The van der Waals surface area contributed by atoms with Crippen LogP contribution in [0.4, 0.5) is 0 Å². The van der Waals surface area contributed by atoms with Crippen molar-refractivity contribution in [3.05, 3.63) is 47.0 Å².